The predicted octanol–water partition coefficient (Wildman–Crippen LogP) is 3.09. The van der Waals surface area contributed by atoms with Crippen LogP contribution in [0.1, 0.15) is 35.8 Å². The van der Waals surface area contributed by atoms with Crippen LogP contribution in [-0.4, -0.2) is 17.7 Å². The van der Waals surface area contributed by atoms with Gasteiger partial charge in [-0.3, -0.25) is 0 Å². The van der Waals surface area contributed by atoms with Crippen LogP contribution in [0, 0.1) is 6.92 Å². The third-order valence-corrected chi connectivity index (χ3v) is 3.65. The maximum atomic E-state index is 11.9. The summed E-state index contributed by atoms with van der Waals surface area (Å²) in [7, 11) is 0. The number of urea groups is 1. The number of nitrogens with one attached hydrogen (secondary N) is 2. The first-order valence-corrected chi connectivity index (χ1v) is 7.41. The highest BCUT2D eigenvalue weighted by Gasteiger charge is 2.13. The number of rotatable bonds is 5. The van der Waals surface area contributed by atoms with Gasteiger partial charge in [0.2, 0.25) is 0 Å². The molecule has 0 aliphatic rings. The fourth-order valence-corrected chi connectivity index (χ4v) is 2.33. The Morgan fingerprint density at radius 3 is 2.41 bits per heavy atom. The summed E-state index contributed by atoms with van der Waals surface area (Å²) in [6.45, 7) is 4.04. The second-order valence-corrected chi connectivity index (χ2v) is 5.36. The van der Waals surface area contributed by atoms with E-state index in [9.17, 15) is 9.90 Å². The number of carbonyl (C=O) groups excluding carboxylic acids is 1. The average molecular weight is 298 g/mol. The first-order chi connectivity index (χ1) is 10.6. The number of benzene rings is 2. The van der Waals surface area contributed by atoms with E-state index < -0.39 is 6.10 Å². The summed E-state index contributed by atoms with van der Waals surface area (Å²) in [5.41, 5.74) is 2.88. The molecule has 0 aliphatic heterocycles. The molecule has 3 N–H and O–H groups in total. The summed E-state index contributed by atoms with van der Waals surface area (Å²) < 4.78 is 0. The van der Waals surface area contributed by atoms with E-state index in [-0.39, 0.29) is 18.6 Å². The second-order valence-electron chi connectivity index (χ2n) is 5.36. The molecular weight excluding hydrogens is 276 g/mol. The molecule has 2 rings (SSSR count). The molecule has 22 heavy (non-hydrogen) atoms. The Hall–Kier alpha value is -2.33. The van der Waals surface area contributed by atoms with Gasteiger partial charge in [-0.15, -0.1) is 0 Å². The molecule has 0 aromatic heterocycles. The van der Waals surface area contributed by atoms with Gasteiger partial charge in [-0.2, -0.15) is 0 Å². The van der Waals surface area contributed by atoms with Crippen molar-refractivity contribution in [2.45, 2.75) is 26.0 Å². The van der Waals surface area contributed by atoms with Crippen LogP contribution in [0.5, 0.6) is 0 Å². The van der Waals surface area contributed by atoms with Crippen molar-refractivity contribution in [1.29, 1.82) is 0 Å². The van der Waals surface area contributed by atoms with Gasteiger partial charge in [0.15, 0.2) is 0 Å². The Labute approximate surface area is 131 Å². The summed E-state index contributed by atoms with van der Waals surface area (Å²) >= 11 is 0. The minimum Gasteiger partial charge on any atom is -0.387 e. The normalized spacial score (nSPS) is 13.2. The highest BCUT2D eigenvalue weighted by Crippen LogP contribution is 2.16. The highest BCUT2D eigenvalue weighted by atomic mass is 16.3. The van der Waals surface area contributed by atoms with Gasteiger partial charge in [-0.1, -0.05) is 54.6 Å². The van der Waals surface area contributed by atoms with Crippen molar-refractivity contribution in [2.24, 2.45) is 0 Å². The lowest BCUT2D eigenvalue weighted by Crippen LogP contribution is -2.39. The van der Waals surface area contributed by atoms with E-state index in [4.69, 9.17) is 0 Å². The minimum atomic E-state index is -0.709. The molecule has 0 bridgehead atoms. The molecule has 2 atom stereocenters. The van der Waals surface area contributed by atoms with Crippen LogP contribution in [-0.2, 0) is 0 Å². The highest BCUT2D eigenvalue weighted by molar-refractivity contribution is 5.74. The summed E-state index contributed by atoms with van der Waals surface area (Å²) in [6.07, 6.45) is -0.709. The Balaban J connectivity index is 1.84. The molecule has 0 radical (unpaired) electrons. The molecule has 2 aromatic carbocycles. The standard InChI is InChI=1S/C18H22N2O2/c1-13-8-6-7-11-16(13)17(21)12-19-18(22)20-14(2)15-9-4-3-5-10-15/h3-11,14,17,21H,12H2,1-2H3,(H2,19,20,22). The first kappa shape index (κ1) is 16.0. The summed E-state index contributed by atoms with van der Waals surface area (Å²) in [5, 5.41) is 15.7. The number of hydrogen-bond acceptors (Lipinski definition) is 2. The molecule has 0 aliphatic carbocycles. The number of hydrogen-bond donors (Lipinski definition) is 3. The molecule has 0 saturated carbocycles. The van der Waals surface area contributed by atoms with E-state index in [0.717, 1.165) is 16.7 Å². The Morgan fingerprint density at radius 1 is 1.09 bits per heavy atom. The molecule has 2 aromatic rings. The van der Waals surface area contributed by atoms with E-state index >= 15 is 0 Å². The summed E-state index contributed by atoms with van der Waals surface area (Å²) in [4.78, 5) is 11.9. The van der Waals surface area contributed by atoms with Gasteiger partial charge in [0.05, 0.1) is 12.1 Å². The van der Waals surface area contributed by atoms with Gasteiger partial charge in [-0.05, 0) is 30.5 Å². The monoisotopic (exact) mass is 298 g/mol. The molecule has 2 unspecified atom stereocenters. The molecule has 4 nitrogen and oxygen atoms in total. The topological polar surface area (TPSA) is 61.4 Å². The first-order valence-electron chi connectivity index (χ1n) is 7.41. The van der Waals surface area contributed by atoms with Crippen LogP contribution in [0.4, 0.5) is 4.79 Å². The van der Waals surface area contributed by atoms with Gasteiger partial charge in [0.1, 0.15) is 0 Å². The Bertz CT molecular complexity index is 613. The third kappa shape index (κ3) is 4.33. The predicted molar refractivity (Wildman–Crippen MR) is 87.5 cm³/mol. The Morgan fingerprint density at radius 2 is 1.73 bits per heavy atom. The van der Waals surface area contributed by atoms with Crippen LogP contribution in [0.25, 0.3) is 0 Å². The van der Waals surface area contributed by atoms with Crippen molar-refractivity contribution >= 4 is 6.03 Å². The smallest absolute Gasteiger partial charge is 0.315 e. The zero-order chi connectivity index (χ0) is 15.9. The fourth-order valence-electron chi connectivity index (χ4n) is 2.33. The molecular formula is C18H22N2O2. The van der Waals surface area contributed by atoms with Crippen molar-refractivity contribution in [3.63, 3.8) is 0 Å². The summed E-state index contributed by atoms with van der Waals surface area (Å²) in [6, 6.07) is 17.0. The quantitative estimate of drug-likeness (QED) is 0.794. The van der Waals surface area contributed by atoms with Crippen molar-refractivity contribution < 1.29 is 9.90 Å². The lowest BCUT2D eigenvalue weighted by molar-refractivity contribution is 0.172. The Kier molecular flexibility index (Phi) is 5.55. The van der Waals surface area contributed by atoms with Crippen LogP contribution in [0.15, 0.2) is 54.6 Å². The van der Waals surface area contributed by atoms with E-state index in [2.05, 4.69) is 10.6 Å². The van der Waals surface area contributed by atoms with E-state index in [1.165, 1.54) is 0 Å². The van der Waals surface area contributed by atoms with Gasteiger partial charge >= 0.3 is 6.03 Å². The zero-order valence-corrected chi connectivity index (χ0v) is 12.9. The number of carbonyl (C=O) groups is 1. The summed E-state index contributed by atoms with van der Waals surface area (Å²) in [5.74, 6) is 0. The molecule has 4 heteroatoms. The molecule has 0 saturated heterocycles. The maximum absolute atomic E-state index is 11.9. The van der Waals surface area contributed by atoms with Gasteiger partial charge in [0, 0.05) is 6.54 Å². The maximum Gasteiger partial charge on any atom is 0.315 e. The number of aliphatic hydroxyl groups excluding tert-OH is 1. The van der Waals surface area contributed by atoms with E-state index in [0.29, 0.717) is 0 Å². The van der Waals surface area contributed by atoms with Crippen molar-refractivity contribution in [2.75, 3.05) is 6.54 Å². The van der Waals surface area contributed by atoms with Crippen LogP contribution < -0.4 is 10.6 Å². The SMILES string of the molecule is Cc1ccccc1C(O)CNC(=O)NC(C)c1ccccc1. The number of aliphatic hydroxyl groups is 1. The van der Waals surface area contributed by atoms with Gasteiger partial charge < -0.3 is 15.7 Å². The molecule has 2 amide bonds. The molecule has 0 spiro atoms. The van der Waals surface area contributed by atoms with Crippen molar-refractivity contribution in [3.8, 4) is 0 Å². The molecule has 0 fully saturated rings. The zero-order valence-electron chi connectivity index (χ0n) is 12.9. The minimum absolute atomic E-state index is 0.0863. The van der Waals surface area contributed by atoms with Crippen LogP contribution in [0.3, 0.4) is 0 Å². The second kappa shape index (κ2) is 7.61. The lowest BCUT2D eigenvalue weighted by atomic mass is 10.0. The van der Waals surface area contributed by atoms with Crippen LogP contribution in [0.2, 0.25) is 0 Å². The number of amides is 2. The van der Waals surface area contributed by atoms with Gasteiger partial charge in [0.25, 0.3) is 0 Å². The fraction of sp³-hybridized carbons (Fsp3) is 0.278. The van der Waals surface area contributed by atoms with Crippen molar-refractivity contribution in [1.82, 2.24) is 10.6 Å². The van der Waals surface area contributed by atoms with E-state index in [1.54, 1.807) is 0 Å². The molecule has 0 heterocycles. The van der Waals surface area contributed by atoms with Crippen molar-refractivity contribution in [3.05, 3.63) is 71.3 Å². The average Bonchev–Trinajstić information content (AvgIpc) is 2.54. The third-order valence-electron chi connectivity index (χ3n) is 3.65. The lowest BCUT2D eigenvalue weighted by Gasteiger charge is -2.17. The number of aryl methyl sites for hydroxylation is 1. The van der Waals surface area contributed by atoms with Crippen LogP contribution >= 0.6 is 0 Å². The van der Waals surface area contributed by atoms with Gasteiger partial charge in [-0.25, -0.2) is 4.79 Å². The molecule has 116 valence electrons. The van der Waals surface area contributed by atoms with E-state index in [1.807, 2.05) is 68.4 Å². The largest absolute Gasteiger partial charge is 0.387 e.